The van der Waals surface area contributed by atoms with E-state index < -0.39 is 5.41 Å². The van der Waals surface area contributed by atoms with Crippen molar-refractivity contribution in [2.24, 2.45) is 0 Å². The van der Waals surface area contributed by atoms with Crippen molar-refractivity contribution in [2.45, 2.75) is 89.9 Å². The first-order valence-electron chi connectivity index (χ1n) is 28.5. The van der Waals surface area contributed by atoms with Gasteiger partial charge >= 0.3 is 6.85 Å². The van der Waals surface area contributed by atoms with Gasteiger partial charge in [-0.05, 0) is 188 Å². The van der Waals surface area contributed by atoms with Crippen LogP contribution in [-0.2, 0) is 22.7 Å². The third-order valence-electron chi connectivity index (χ3n) is 18.3. The van der Waals surface area contributed by atoms with E-state index in [-0.39, 0.29) is 17.7 Å². The van der Waals surface area contributed by atoms with Crippen molar-refractivity contribution in [3.05, 3.63) is 275 Å². The van der Waals surface area contributed by atoms with E-state index in [2.05, 4.69) is 287 Å². The quantitative estimate of drug-likeness (QED) is 0.126. The van der Waals surface area contributed by atoms with Gasteiger partial charge in [0.15, 0.2) is 0 Å². The zero-order chi connectivity index (χ0) is 52.9. The summed E-state index contributed by atoms with van der Waals surface area (Å²) in [5, 5.41) is 0. The highest BCUT2D eigenvalue weighted by atomic mass is 15.2. The van der Waals surface area contributed by atoms with Gasteiger partial charge in [0.1, 0.15) is 0 Å². The second-order valence-electron chi connectivity index (χ2n) is 23.8. The fraction of sp³-hybridized carbons (Fsp3) is 0.189. The second-order valence-corrected chi connectivity index (χ2v) is 23.8. The Morgan fingerprint density at radius 1 is 0.474 bits per heavy atom. The summed E-state index contributed by atoms with van der Waals surface area (Å²) in [7, 11) is 0. The topological polar surface area (TPSA) is 9.72 Å². The summed E-state index contributed by atoms with van der Waals surface area (Å²) in [6.07, 6.45) is 5.72. The molecule has 0 amide bonds. The van der Waals surface area contributed by atoms with Crippen LogP contribution in [0.15, 0.2) is 231 Å². The van der Waals surface area contributed by atoms with Gasteiger partial charge in [-0.2, -0.15) is 0 Å². The minimum Gasteiger partial charge on any atom is -0.376 e. The summed E-state index contributed by atoms with van der Waals surface area (Å²) >= 11 is 0. The molecule has 0 saturated carbocycles. The lowest BCUT2D eigenvalue weighted by atomic mass is 9.42. The molecular formula is C74H66BN3. The molecule has 10 aromatic carbocycles. The Bertz CT molecular complexity index is 3880. The fourth-order valence-corrected chi connectivity index (χ4v) is 14.2. The number of nitrogens with zero attached hydrogens (tertiary/aromatic N) is 3. The van der Waals surface area contributed by atoms with Crippen LogP contribution in [0.1, 0.15) is 105 Å². The van der Waals surface area contributed by atoms with E-state index in [0.717, 1.165) is 42.0 Å². The lowest BCUT2D eigenvalue weighted by molar-refractivity contribution is 0.331. The number of benzene rings is 10. The Kier molecular flexibility index (Phi) is 11.3. The van der Waals surface area contributed by atoms with Gasteiger partial charge in [0.2, 0.25) is 0 Å². The SMILES string of the molecule is CCCCc1ccc(N(c2ccccc2)c2ccc3c(c2)-c2cc(-c4ccccc4C)cc4c2B(c2cccc5c2N4c2cc4c(cc2C5(c2ccccc2)c2ccccc2)C(C)(C)CCC4(C)C)N3c2ccccc2)cc1. The largest absolute Gasteiger partial charge is 0.376 e. The molecule has 0 radical (unpaired) electrons. The lowest BCUT2D eigenvalue weighted by Gasteiger charge is -2.53. The molecule has 10 aromatic rings. The van der Waals surface area contributed by atoms with Gasteiger partial charge in [-0.25, -0.2) is 0 Å². The van der Waals surface area contributed by atoms with Gasteiger partial charge < -0.3 is 14.6 Å². The van der Waals surface area contributed by atoms with Crippen LogP contribution in [0.25, 0.3) is 22.3 Å². The number of hydrogen-bond acceptors (Lipinski definition) is 3. The maximum atomic E-state index is 2.74. The van der Waals surface area contributed by atoms with Crippen molar-refractivity contribution in [3.63, 3.8) is 0 Å². The standard InChI is InChI=1S/C74H66BN3/c1-7-8-25-51-37-39-56(40-38-51)76(55-30-17-11-18-31-55)58-41-42-67-60(47-58)61-45-52(59-34-22-21-24-50(59)2)46-69-70(61)75(78(67)57-32-19-12-20-33-57)66-36-23-35-62-71(66)77(69)68-49-64-63(72(3,4)43-44-73(64,5)6)48-65(68)74(62,53-26-13-9-14-27-53)54-28-15-10-16-29-54/h9-24,26-42,45-49H,7-8,25,43-44H2,1-6H3. The van der Waals surface area contributed by atoms with Crippen molar-refractivity contribution >= 4 is 63.3 Å². The molecule has 4 heteroatoms. The molecule has 0 fully saturated rings. The number of hydrogen-bond donors (Lipinski definition) is 0. The van der Waals surface area contributed by atoms with Gasteiger partial charge in [0, 0.05) is 45.4 Å². The van der Waals surface area contributed by atoms with E-state index >= 15 is 0 Å². The van der Waals surface area contributed by atoms with E-state index in [1.54, 1.807) is 0 Å². The summed E-state index contributed by atoms with van der Waals surface area (Å²) in [5.74, 6) is 0. The number of anilines is 8. The molecule has 380 valence electrons. The van der Waals surface area contributed by atoms with Crippen LogP contribution in [0.3, 0.4) is 0 Å². The molecule has 78 heavy (non-hydrogen) atoms. The molecule has 0 saturated heterocycles. The molecule has 0 unspecified atom stereocenters. The highest BCUT2D eigenvalue weighted by Gasteiger charge is 2.54. The van der Waals surface area contributed by atoms with Crippen molar-refractivity contribution < 1.29 is 0 Å². The predicted octanol–water partition coefficient (Wildman–Crippen LogP) is 18.2. The van der Waals surface area contributed by atoms with Crippen LogP contribution in [0.5, 0.6) is 0 Å². The second kappa shape index (κ2) is 18.4. The summed E-state index contributed by atoms with van der Waals surface area (Å²) < 4.78 is 0. The molecule has 14 rings (SSSR count). The first-order valence-corrected chi connectivity index (χ1v) is 28.5. The third-order valence-corrected chi connectivity index (χ3v) is 18.3. The number of para-hydroxylation sites is 3. The van der Waals surface area contributed by atoms with E-state index in [0.29, 0.717) is 0 Å². The molecular weight excluding hydrogens is 942 g/mol. The smallest absolute Gasteiger partial charge is 0.333 e. The molecule has 1 aliphatic carbocycles. The number of fused-ring (bicyclic) bond motifs is 7. The van der Waals surface area contributed by atoms with E-state index in [4.69, 9.17) is 0 Å². The Morgan fingerprint density at radius 2 is 1.08 bits per heavy atom. The lowest BCUT2D eigenvalue weighted by Crippen LogP contribution is -2.62. The number of aryl methyl sites for hydroxylation is 2. The van der Waals surface area contributed by atoms with Crippen LogP contribution in [0, 0.1) is 6.92 Å². The summed E-state index contributed by atoms with van der Waals surface area (Å²) in [6.45, 7) is 14.3. The van der Waals surface area contributed by atoms with Crippen molar-refractivity contribution in [1.82, 2.24) is 0 Å². The van der Waals surface area contributed by atoms with Gasteiger partial charge in [-0.15, -0.1) is 0 Å². The Balaban J connectivity index is 1.12. The molecule has 3 nitrogen and oxygen atoms in total. The van der Waals surface area contributed by atoms with Crippen LogP contribution in [0.2, 0.25) is 0 Å². The number of rotatable bonds is 10. The fourth-order valence-electron chi connectivity index (χ4n) is 14.2. The van der Waals surface area contributed by atoms with Crippen molar-refractivity contribution in [3.8, 4) is 22.3 Å². The zero-order valence-electron chi connectivity index (χ0n) is 45.9. The maximum Gasteiger partial charge on any atom is 0.333 e. The highest BCUT2D eigenvalue weighted by molar-refractivity contribution is 6.93. The van der Waals surface area contributed by atoms with E-state index in [1.165, 1.54) is 113 Å². The monoisotopic (exact) mass is 1010 g/mol. The first-order chi connectivity index (χ1) is 38.1. The van der Waals surface area contributed by atoms with Crippen LogP contribution in [-0.4, -0.2) is 6.85 Å². The highest BCUT2D eigenvalue weighted by Crippen LogP contribution is 2.62. The average Bonchev–Trinajstić information content (AvgIpc) is 3.63. The van der Waals surface area contributed by atoms with E-state index in [9.17, 15) is 0 Å². The zero-order valence-corrected chi connectivity index (χ0v) is 45.9. The van der Waals surface area contributed by atoms with Gasteiger partial charge in [0.25, 0.3) is 0 Å². The normalized spacial score (nSPS) is 15.6. The van der Waals surface area contributed by atoms with Crippen LogP contribution >= 0.6 is 0 Å². The molecule has 0 N–H and O–H groups in total. The molecule has 3 aliphatic heterocycles. The number of unbranched alkanes of at least 4 members (excludes halogenated alkanes) is 1. The average molecular weight is 1010 g/mol. The maximum absolute atomic E-state index is 2.74. The van der Waals surface area contributed by atoms with Gasteiger partial charge in [-0.1, -0.05) is 199 Å². The Labute approximate surface area is 462 Å². The molecule has 0 spiro atoms. The summed E-state index contributed by atoms with van der Waals surface area (Å²) in [6, 6.07) is 88.2. The van der Waals surface area contributed by atoms with Crippen molar-refractivity contribution in [2.75, 3.05) is 14.6 Å². The van der Waals surface area contributed by atoms with Crippen LogP contribution < -0.4 is 25.5 Å². The minimum atomic E-state index is -0.644. The predicted molar refractivity (Wildman–Crippen MR) is 331 cm³/mol. The molecule has 0 aromatic heterocycles. The minimum absolute atomic E-state index is 0.0135. The van der Waals surface area contributed by atoms with Gasteiger partial charge in [-0.3, -0.25) is 0 Å². The Morgan fingerprint density at radius 3 is 1.74 bits per heavy atom. The molecule has 0 bridgehead atoms. The third kappa shape index (κ3) is 7.32. The van der Waals surface area contributed by atoms with Gasteiger partial charge in [0.05, 0.1) is 11.1 Å². The molecule has 0 atom stereocenters. The van der Waals surface area contributed by atoms with Crippen molar-refractivity contribution in [1.29, 1.82) is 0 Å². The first kappa shape index (κ1) is 48.1. The Hall–Kier alpha value is -8.34. The van der Waals surface area contributed by atoms with Crippen LogP contribution in [0.4, 0.5) is 45.5 Å². The summed E-state index contributed by atoms with van der Waals surface area (Å²) in [5.41, 5.74) is 27.2. The molecule has 4 aliphatic rings. The van der Waals surface area contributed by atoms with E-state index in [1.807, 2.05) is 0 Å². The molecule has 3 heterocycles. The summed E-state index contributed by atoms with van der Waals surface area (Å²) in [4.78, 5) is 7.86.